The molecule has 1 saturated carbocycles. The first-order valence-corrected chi connectivity index (χ1v) is 11.1. The smallest absolute Gasteiger partial charge is 0.123 e. The molecule has 30 heavy (non-hydrogen) atoms. The molecule has 0 spiro atoms. The maximum absolute atomic E-state index is 13.2. The zero-order chi connectivity index (χ0) is 20.5. The van der Waals surface area contributed by atoms with Crippen molar-refractivity contribution in [1.82, 2.24) is 14.7 Å². The zero-order valence-electron chi connectivity index (χ0n) is 16.9. The fraction of sp³-hybridized carbons (Fsp3) is 0.375. The van der Waals surface area contributed by atoms with E-state index in [1.54, 1.807) is 12.1 Å². The molecule has 1 aliphatic carbocycles. The van der Waals surface area contributed by atoms with E-state index in [1.807, 2.05) is 18.2 Å². The molecule has 6 heteroatoms. The molecule has 1 saturated heterocycles. The molecular formula is C24H26ClFN4. The molecule has 1 aliphatic heterocycles. The number of piperazine rings is 1. The zero-order valence-corrected chi connectivity index (χ0v) is 17.7. The number of anilines is 1. The summed E-state index contributed by atoms with van der Waals surface area (Å²) in [6.07, 6.45) is 5.60. The van der Waals surface area contributed by atoms with Crippen LogP contribution in [-0.4, -0.2) is 46.9 Å². The van der Waals surface area contributed by atoms with E-state index in [-0.39, 0.29) is 5.82 Å². The lowest BCUT2D eigenvalue weighted by atomic mass is 10.1. The Bertz CT molecular complexity index is 977. The second kappa shape index (κ2) is 8.40. The third-order valence-corrected chi connectivity index (χ3v) is 6.77. The monoisotopic (exact) mass is 424 g/mol. The fourth-order valence-corrected chi connectivity index (χ4v) is 4.95. The van der Waals surface area contributed by atoms with Gasteiger partial charge in [0.15, 0.2) is 0 Å². The fourth-order valence-electron chi connectivity index (χ4n) is 4.82. The third-order valence-electron chi connectivity index (χ3n) is 6.52. The lowest BCUT2D eigenvalue weighted by Gasteiger charge is -2.39. The predicted octanol–water partition coefficient (Wildman–Crippen LogP) is 5.26. The van der Waals surface area contributed by atoms with Crippen LogP contribution in [0.5, 0.6) is 0 Å². The third kappa shape index (κ3) is 4.09. The average molecular weight is 425 g/mol. The molecule has 1 aromatic heterocycles. The quantitative estimate of drug-likeness (QED) is 0.571. The first-order chi connectivity index (χ1) is 14.7. The summed E-state index contributed by atoms with van der Waals surface area (Å²) in [6.45, 7) is 4.30. The molecule has 4 nitrogen and oxygen atoms in total. The second-order valence-electron chi connectivity index (χ2n) is 8.31. The van der Waals surface area contributed by atoms with E-state index in [0.717, 1.165) is 55.3 Å². The molecule has 0 N–H and O–H groups in total. The summed E-state index contributed by atoms with van der Waals surface area (Å²) >= 11 is 6.02. The maximum Gasteiger partial charge on any atom is 0.123 e. The van der Waals surface area contributed by atoms with Gasteiger partial charge in [-0.25, -0.2) is 4.39 Å². The molecule has 2 atom stereocenters. The summed E-state index contributed by atoms with van der Waals surface area (Å²) in [6, 6.07) is 17.8. The van der Waals surface area contributed by atoms with Crippen LogP contribution in [0, 0.1) is 5.82 Å². The van der Waals surface area contributed by atoms with Crippen LogP contribution in [0.2, 0.25) is 5.02 Å². The van der Waals surface area contributed by atoms with Crippen LogP contribution in [0.1, 0.15) is 25.3 Å². The summed E-state index contributed by atoms with van der Waals surface area (Å²) in [7, 11) is 0. The normalized spacial score (nSPS) is 22.5. The molecule has 2 aromatic carbocycles. The number of nitrogens with zero attached hydrogens (tertiary/aromatic N) is 4. The van der Waals surface area contributed by atoms with Crippen molar-refractivity contribution in [2.75, 3.05) is 31.1 Å². The van der Waals surface area contributed by atoms with Gasteiger partial charge in [-0.1, -0.05) is 11.6 Å². The molecule has 0 bridgehead atoms. The van der Waals surface area contributed by atoms with Gasteiger partial charge in [-0.05, 0) is 73.9 Å². The molecule has 0 unspecified atom stereocenters. The van der Waals surface area contributed by atoms with Crippen molar-refractivity contribution in [3.8, 4) is 11.3 Å². The summed E-state index contributed by atoms with van der Waals surface area (Å²) in [5, 5.41) is 5.57. The van der Waals surface area contributed by atoms with Crippen molar-refractivity contribution >= 4 is 17.3 Å². The Kier molecular flexibility index (Phi) is 5.48. The first-order valence-electron chi connectivity index (χ1n) is 10.7. The highest BCUT2D eigenvalue weighted by Crippen LogP contribution is 2.34. The van der Waals surface area contributed by atoms with Gasteiger partial charge >= 0.3 is 0 Å². The number of aromatic nitrogens is 2. The van der Waals surface area contributed by atoms with E-state index in [0.29, 0.717) is 12.1 Å². The Morgan fingerprint density at radius 2 is 1.53 bits per heavy atom. The van der Waals surface area contributed by atoms with Gasteiger partial charge in [-0.3, -0.25) is 9.58 Å². The minimum absolute atomic E-state index is 0.215. The van der Waals surface area contributed by atoms with Crippen molar-refractivity contribution in [2.24, 2.45) is 0 Å². The summed E-state index contributed by atoms with van der Waals surface area (Å²) < 4.78 is 15.3. The van der Waals surface area contributed by atoms with Crippen LogP contribution < -0.4 is 4.90 Å². The lowest BCUT2D eigenvalue weighted by molar-refractivity contribution is 0.183. The maximum atomic E-state index is 13.2. The van der Waals surface area contributed by atoms with Crippen LogP contribution in [0.25, 0.3) is 11.3 Å². The second-order valence-corrected chi connectivity index (χ2v) is 8.74. The van der Waals surface area contributed by atoms with Gasteiger partial charge in [-0.15, -0.1) is 0 Å². The summed E-state index contributed by atoms with van der Waals surface area (Å²) in [4.78, 5) is 5.10. The minimum atomic E-state index is -0.215. The van der Waals surface area contributed by atoms with Gasteiger partial charge in [0.1, 0.15) is 5.82 Å². The van der Waals surface area contributed by atoms with E-state index < -0.39 is 0 Å². The van der Waals surface area contributed by atoms with Crippen molar-refractivity contribution in [2.45, 2.75) is 31.3 Å². The first kappa shape index (κ1) is 19.6. The Hall–Kier alpha value is -2.37. The number of halogens is 2. The van der Waals surface area contributed by atoms with Crippen LogP contribution in [0.15, 0.2) is 60.8 Å². The van der Waals surface area contributed by atoms with Crippen LogP contribution in [0.3, 0.4) is 0 Å². The van der Waals surface area contributed by atoms with Crippen LogP contribution in [-0.2, 0) is 0 Å². The molecule has 2 heterocycles. The van der Waals surface area contributed by atoms with Gasteiger partial charge < -0.3 is 4.90 Å². The SMILES string of the molecule is Fc1ccc(-c2ccn([C@H]3CC[C@H](N4CCN(c5ccc(Cl)cc5)CC4)C3)n2)cc1. The highest BCUT2D eigenvalue weighted by Gasteiger charge is 2.32. The van der Waals surface area contributed by atoms with E-state index in [2.05, 4.69) is 32.8 Å². The number of hydrogen-bond acceptors (Lipinski definition) is 3. The number of hydrogen-bond donors (Lipinski definition) is 0. The highest BCUT2D eigenvalue weighted by molar-refractivity contribution is 6.30. The highest BCUT2D eigenvalue weighted by atomic mass is 35.5. The van der Waals surface area contributed by atoms with Gasteiger partial charge in [0, 0.05) is 54.7 Å². The average Bonchev–Trinajstić information content (AvgIpc) is 3.45. The largest absolute Gasteiger partial charge is 0.369 e. The number of rotatable bonds is 4. The van der Waals surface area contributed by atoms with E-state index in [1.165, 1.54) is 24.2 Å². The van der Waals surface area contributed by atoms with Gasteiger partial charge in [0.25, 0.3) is 0 Å². The Morgan fingerprint density at radius 1 is 0.833 bits per heavy atom. The molecular weight excluding hydrogens is 399 g/mol. The van der Waals surface area contributed by atoms with Crippen molar-refractivity contribution < 1.29 is 4.39 Å². The van der Waals surface area contributed by atoms with Crippen LogP contribution >= 0.6 is 11.6 Å². The summed E-state index contributed by atoms with van der Waals surface area (Å²) in [5.74, 6) is -0.215. The van der Waals surface area contributed by atoms with Crippen LogP contribution in [0.4, 0.5) is 10.1 Å². The topological polar surface area (TPSA) is 24.3 Å². The molecule has 2 fully saturated rings. The molecule has 2 aliphatic rings. The van der Waals surface area contributed by atoms with Gasteiger partial charge in [0.2, 0.25) is 0 Å². The van der Waals surface area contributed by atoms with Crippen molar-refractivity contribution in [1.29, 1.82) is 0 Å². The Balaban J connectivity index is 1.18. The lowest BCUT2D eigenvalue weighted by Crippen LogP contribution is -2.49. The molecule has 0 amide bonds. The standard InChI is InChI=1S/C24H26ClFN4/c25-19-3-7-21(8-4-19)28-13-15-29(16-14-28)22-9-10-23(17-22)30-12-11-24(27-30)18-1-5-20(26)6-2-18/h1-8,11-12,22-23H,9-10,13-17H2/t22-,23-/m0/s1. The number of benzene rings is 2. The summed E-state index contributed by atoms with van der Waals surface area (Å²) in [5.41, 5.74) is 3.13. The van der Waals surface area contributed by atoms with Gasteiger partial charge in [-0.2, -0.15) is 5.10 Å². The van der Waals surface area contributed by atoms with E-state index in [9.17, 15) is 4.39 Å². The van der Waals surface area contributed by atoms with E-state index >= 15 is 0 Å². The Labute approximate surface area is 181 Å². The molecule has 5 rings (SSSR count). The minimum Gasteiger partial charge on any atom is -0.369 e. The molecule has 0 radical (unpaired) electrons. The van der Waals surface area contributed by atoms with Gasteiger partial charge in [0.05, 0.1) is 11.7 Å². The van der Waals surface area contributed by atoms with E-state index in [4.69, 9.17) is 16.7 Å². The van der Waals surface area contributed by atoms with Crippen molar-refractivity contribution in [3.05, 3.63) is 71.6 Å². The molecule has 156 valence electrons. The predicted molar refractivity (Wildman–Crippen MR) is 120 cm³/mol. The molecule has 3 aromatic rings. The Morgan fingerprint density at radius 3 is 2.27 bits per heavy atom. The van der Waals surface area contributed by atoms with Crippen molar-refractivity contribution in [3.63, 3.8) is 0 Å².